The van der Waals surface area contributed by atoms with Crippen molar-refractivity contribution < 1.29 is 4.79 Å². The second-order valence-electron chi connectivity index (χ2n) is 5.52. The number of nitrogens with zero attached hydrogens (tertiary/aromatic N) is 4. The Labute approximate surface area is 137 Å². The van der Waals surface area contributed by atoms with Gasteiger partial charge in [-0.2, -0.15) is 4.98 Å². The molecule has 0 saturated carbocycles. The predicted octanol–water partition coefficient (Wildman–Crippen LogP) is -0.211. The summed E-state index contributed by atoms with van der Waals surface area (Å²) >= 11 is 0. The van der Waals surface area contributed by atoms with E-state index in [0.717, 1.165) is 12.1 Å². The summed E-state index contributed by atoms with van der Waals surface area (Å²) in [5.74, 6) is -0.0369. The van der Waals surface area contributed by atoms with Crippen molar-refractivity contribution in [2.45, 2.75) is 19.4 Å². The molecule has 0 bridgehead atoms. The molecule has 0 spiro atoms. The molecule has 9 heteroatoms. The van der Waals surface area contributed by atoms with Crippen LogP contribution in [0.2, 0.25) is 0 Å². The second kappa shape index (κ2) is 6.57. The van der Waals surface area contributed by atoms with Gasteiger partial charge in [0.05, 0.1) is 6.33 Å². The molecule has 126 valence electrons. The van der Waals surface area contributed by atoms with E-state index in [4.69, 9.17) is 5.73 Å². The molecule has 1 amide bonds. The summed E-state index contributed by atoms with van der Waals surface area (Å²) < 4.78 is 3.68. The number of carbonyl (C=O) groups is 1. The number of carbonyl (C=O) groups excluding carboxylic acids is 1. The van der Waals surface area contributed by atoms with E-state index in [2.05, 4.69) is 20.3 Å². The number of aryl methyl sites for hydroxylation is 2. The van der Waals surface area contributed by atoms with Gasteiger partial charge in [-0.1, -0.05) is 0 Å². The smallest absolute Gasteiger partial charge is 0.280 e. The minimum Gasteiger partial charge on any atom is -0.369 e. The highest BCUT2D eigenvalue weighted by Crippen LogP contribution is 2.07. The van der Waals surface area contributed by atoms with E-state index in [9.17, 15) is 9.59 Å². The van der Waals surface area contributed by atoms with Gasteiger partial charge in [-0.3, -0.25) is 14.6 Å². The van der Waals surface area contributed by atoms with E-state index in [0.29, 0.717) is 18.7 Å². The van der Waals surface area contributed by atoms with Gasteiger partial charge in [0.2, 0.25) is 11.9 Å². The van der Waals surface area contributed by atoms with Gasteiger partial charge in [0.1, 0.15) is 0 Å². The molecule has 0 radical (unpaired) electrons. The highest BCUT2D eigenvalue weighted by molar-refractivity contribution is 5.76. The average Bonchev–Trinajstić information content (AvgIpc) is 3.12. The zero-order chi connectivity index (χ0) is 17.1. The summed E-state index contributed by atoms with van der Waals surface area (Å²) in [5.41, 5.74) is 6.92. The molecule has 3 aromatic heterocycles. The lowest BCUT2D eigenvalue weighted by atomic mass is 10.3. The first kappa shape index (κ1) is 15.8. The Kier molecular flexibility index (Phi) is 4.32. The molecule has 4 N–H and O–H groups in total. The Morgan fingerprint density at radius 1 is 1.46 bits per heavy atom. The maximum Gasteiger partial charge on any atom is 0.280 e. The summed E-state index contributed by atoms with van der Waals surface area (Å²) in [6.45, 7) is 0.953. The van der Waals surface area contributed by atoms with Crippen LogP contribution < -0.4 is 16.6 Å². The van der Waals surface area contributed by atoms with Crippen LogP contribution >= 0.6 is 0 Å². The number of hydrogen-bond donors (Lipinski definition) is 3. The van der Waals surface area contributed by atoms with E-state index in [1.807, 2.05) is 29.9 Å². The molecule has 0 aliphatic carbocycles. The maximum absolute atomic E-state index is 12.0. The number of aromatic nitrogens is 5. The van der Waals surface area contributed by atoms with Gasteiger partial charge in [-0.25, -0.2) is 4.98 Å². The SMILES string of the molecule is Cn1cccc1CCNC(=O)CCn1cnc2c(=O)[nH]c(N)nc21. The molecular formula is C15H19N7O2. The summed E-state index contributed by atoms with van der Waals surface area (Å²) in [5, 5.41) is 2.88. The van der Waals surface area contributed by atoms with Gasteiger partial charge in [-0.05, 0) is 12.1 Å². The van der Waals surface area contributed by atoms with E-state index in [1.54, 1.807) is 4.57 Å². The van der Waals surface area contributed by atoms with Crippen molar-refractivity contribution in [3.63, 3.8) is 0 Å². The standard InChI is InChI=1S/C15H19N7O2/c1-21-7-2-3-10(21)4-6-17-11(23)5-8-22-9-18-12-13(22)19-15(16)20-14(12)24/h2-3,7,9H,4-6,8H2,1H3,(H,17,23)(H3,16,19,20,24). The normalized spacial score (nSPS) is 11.0. The number of anilines is 1. The van der Waals surface area contributed by atoms with E-state index in [-0.39, 0.29) is 29.4 Å². The Morgan fingerprint density at radius 2 is 2.29 bits per heavy atom. The lowest BCUT2D eigenvalue weighted by Gasteiger charge is -2.07. The fourth-order valence-corrected chi connectivity index (χ4v) is 2.53. The first-order valence-corrected chi connectivity index (χ1v) is 7.62. The Bertz CT molecular complexity index is 921. The summed E-state index contributed by atoms with van der Waals surface area (Å²) in [4.78, 5) is 34.1. The van der Waals surface area contributed by atoms with Crippen LogP contribution in [0.5, 0.6) is 0 Å². The Balaban J connectivity index is 1.55. The number of amides is 1. The van der Waals surface area contributed by atoms with Crippen molar-refractivity contribution in [1.29, 1.82) is 0 Å². The largest absolute Gasteiger partial charge is 0.369 e. The van der Waals surface area contributed by atoms with E-state index in [1.165, 1.54) is 6.33 Å². The van der Waals surface area contributed by atoms with Gasteiger partial charge >= 0.3 is 0 Å². The minimum absolute atomic E-state index is 0.0290. The third-order valence-corrected chi connectivity index (χ3v) is 3.83. The molecule has 0 atom stereocenters. The lowest BCUT2D eigenvalue weighted by Crippen LogP contribution is -2.27. The molecule has 0 aliphatic rings. The molecule has 0 saturated heterocycles. The predicted molar refractivity (Wildman–Crippen MR) is 89.3 cm³/mol. The summed E-state index contributed by atoms with van der Waals surface area (Å²) in [6.07, 6.45) is 4.51. The number of aromatic amines is 1. The average molecular weight is 329 g/mol. The Hall–Kier alpha value is -3.10. The van der Waals surface area contributed by atoms with Gasteiger partial charge in [0, 0.05) is 44.9 Å². The molecular weight excluding hydrogens is 310 g/mol. The van der Waals surface area contributed by atoms with Crippen molar-refractivity contribution in [3.05, 3.63) is 40.7 Å². The summed E-state index contributed by atoms with van der Waals surface area (Å²) in [7, 11) is 1.97. The summed E-state index contributed by atoms with van der Waals surface area (Å²) in [6, 6.07) is 4.00. The van der Waals surface area contributed by atoms with E-state index >= 15 is 0 Å². The highest BCUT2D eigenvalue weighted by atomic mass is 16.1. The van der Waals surface area contributed by atoms with Crippen LogP contribution in [0.4, 0.5) is 5.95 Å². The van der Waals surface area contributed by atoms with Crippen LogP contribution in [0.25, 0.3) is 11.2 Å². The number of H-pyrrole nitrogens is 1. The number of imidazole rings is 1. The fraction of sp³-hybridized carbons (Fsp3) is 0.333. The number of rotatable bonds is 6. The number of nitrogens with one attached hydrogen (secondary N) is 2. The van der Waals surface area contributed by atoms with Gasteiger partial charge in [0.25, 0.3) is 5.56 Å². The van der Waals surface area contributed by atoms with E-state index < -0.39 is 0 Å². The number of hydrogen-bond acceptors (Lipinski definition) is 5. The van der Waals surface area contributed by atoms with Crippen LogP contribution in [-0.4, -0.2) is 36.5 Å². The van der Waals surface area contributed by atoms with Crippen LogP contribution in [0, 0.1) is 0 Å². The van der Waals surface area contributed by atoms with Crippen LogP contribution in [0.1, 0.15) is 12.1 Å². The molecule has 0 aromatic carbocycles. The van der Waals surface area contributed by atoms with Crippen molar-refractivity contribution >= 4 is 23.0 Å². The van der Waals surface area contributed by atoms with Crippen molar-refractivity contribution in [2.75, 3.05) is 12.3 Å². The van der Waals surface area contributed by atoms with Crippen molar-refractivity contribution in [2.24, 2.45) is 7.05 Å². The zero-order valence-electron chi connectivity index (χ0n) is 13.3. The zero-order valence-corrected chi connectivity index (χ0v) is 13.3. The monoisotopic (exact) mass is 329 g/mol. The quantitative estimate of drug-likeness (QED) is 0.577. The topological polar surface area (TPSA) is 124 Å². The maximum atomic E-state index is 12.0. The molecule has 3 rings (SSSR count). The molecule has 0 unspecified atom stereocenters. The number of fused-ring (bicyclic) bond motifs is 1. The van der Waals surface area contributed by atoms with Crippen LogP contribution in [0.15, 0.2) is 29.5 Å². The molecule has 3 aromatic rings. The highest BCUT2D eigenvalue weighted by Gasteiger charge is 2.10. The molecule has 0 aliphatic heterocycles. The molecule has 3 heterocycles. The molecule has 0 fully saturated rings. The molecule has 9 nitrogen and oxygen atoms in total. The van der Waals surface area contributed by atoms with Gasteiger partial charge in [-0.15, -0.1) is 0 Å². The fourth-order valence-electron chi connectivity index (χ4n) is 2.53. The van der Waals surface area contributed by atoms with Crippen molar-refractivity contribution in [1.82, 2.24) is 29.4 Å². The first-order valence-electron chi connectivity index (χ1n) is 7.62. The minimum atomic E-state index is -0.386. The third-order valence-electron chi connectivity index (χ3n) is 3.83. The van der Waals surface area contributed by atoms with Crippen molar-refractivity contribution in [3.8, 4) is 0 Å². The van der Waals surface area contributed by atoms with Gasteiger partial charge < -0.3 is 20.2 Å². The second-order valence-corrected chi connectivity index (χ2v) is 5.52. The molecule has 24 heavy (non-hydrogen) atoms. The van der Waals surface area contributed by atoms with Crippen LogP contribution in [0.3, 0.4) is 0 Å². The first-order chi connectivity index (χ1) is 11.5. The van der Waals surface area contributed by atoms with Crippen LogP contribution in [-0.2, 0) is 24.8 Å². The number of nitrogen functional groups attached to an aromatic ring is 1. The third kappa shape index (κ3) is 3.29. The number of nitrogens with two attached hydrogens (primary N) is 1. The Morgan fingerprint density at radius 3 is 3.04 bits per heavy atom. The lowest BCUT2D eigenvalue weighted by molar-refractivity contribution is -0.121. The van der Waals surface area contributed by atoms with Gasteiger partial charge in [0.15, 0.2) is 11.2 Å².